The maximum Gasteiger partial charge on any atom is 0.257 e. The summed E-state index contributed by atoms with van der Waals surface area (Å²) >= 11 is 6.36. The Hall–Kier alpha value is -2.92. The zero-order chi connectivity index (χ0) is 18.4. The summed E-state index contributed by atoms with van der Waals surface area (Å²) in [5.74, 6) is 0.255. The number of rotatable bonds is 2. The molecule has 2 aromatic heterocycles. The van der Waals surface area contributed by atoms with E-state index in [-0.39, 0.29) is 5.91 Å². The number of halogens is 1. The first-order chi connectivity index (χ1) is 12.5. The van der Waals surface area contributed by atoms with Gasteiger partial charge < -0.3 is 5.32 Å². The molecular formula is C20H17ClN4O. The third kappa shape index (κ3) is 2.52. The van der Waals surface area contributed by atoms with Crippen molar-refractivity contribution in [2.24, 2.45) is 7.05 Å². The van der Waals surface area contributed by atoms with Crippen molar-refractivity contribution in [3.05, 3.63) is 64.3 Å². The molecule has 0 fully saturated rings. The molecule has 0 bridgehead atoms. The van der Waals surface area contributed by atoms with E-state index in [1.54, 1.807) is 11.7 Å². The quantitative estimate of drug-likeness (QED) is 0.563. The molecule has 0 aliphatic rings. The van der Waals surface area contributed by atoms with Gasteiger partial charge >= 0.3 is 0 Å². The molecule has 2 heterocycles. The summed E-state index contributed by atoms with van der Waals surface area (Å²) in [6.07, 6.45) is 0. The molecule has 4 aromatic rings. The summed E-state index contributed by atoms with van der Waals surface area (Å²) in [6, 6.07) is 13.5. The zero-order valence-electron chi connectivity index (χ0n) is 14.7. The van der Waals surface area contributed by atoms with Crippen LogP contribution >= 0.6 is 11.6 Å². The standard InChI is InChI=1S/C20H17ClN4O/c1-11-16-18(24-25(3)19(16)22-12(2)17(11)21)23-20(26)15-10-6-8-13-7-4-5-9-14(13)15/h4-10H,1-3H3,(H,23,24,26). The van der Waals surface area contributed by atoms with Crippen molar-refractivity contribution in [3.8, 4) is 0 Å². The van der Waals surface area contributed by atoms with Gasteiger partial charge in [0.05, 0.1) is 16.1 Å². The lowest BCUT2D eigenvalue weighted by Crippen LogP contribution is -2.13. The van der Waals surface area contributed by atoms with Crippen molar-refractivity contribution in [2.75, 3.05) is 5.32 Å². The summed E-state index contributed by atoms with van der Waals surface area (Å²) in [5, 5.41) is 10.6. The summed E-state index contributed by atoms with van der Waals surface area (Å²) in [4.78, 5) is 17.4. The summed E-state index contributed by atoms with van der Waals surface area (Å²) in [6.45, 7) is 3.77. The number of anilines is 1. The van der Waals surface area contributed by atoms with Gasteiger partial charge in [0, 0.05) is 12.6 Å². The lowest BCUT2D eigenvalue weighted by atomic mass is 10.0. The van der Waals surface area contributed by atoms with Crippen LogP contribution in [0.2, 0.25) is 5.02 Å². The molecule has 2 aromatic carbocycles. The highest BCUT2D eigenvalue weighted by atomic mass is 35.5. The predicted molar refractivity (Wildman–Crippen MR) is 105 cm³/mol. The van der Waals surface area contributed by atoms with Gasteiger partial charge in [-0.05, 0) is 36.2 Å². The molecule has 6 heteroatoms. The second-order valence-electron chi connectivity index (χ2n) is 6.29. The van der Waals surface area contributed by atoms with Gasteiger partial charge in [-0.3, -0.25) is 4.79 Å². The summed E-state index contributed by atoms with van der Waals surface area (Å²) < 4.78 is 1.66. The molecule has 5 nitrogen and oxygen atoms in total. The molecule has 0 saturated heterocycles. The van der Waals surface area contributed by atoms with Gasteiger partial charge in [-0.15, -0.1) is 0 Å². The molecule has 26 heavy (non-hydrogen) atoms. The summed E-state index contributed by atoms with van der Waals surface area (Å²) in [5.41, 5.74) is 2.89. The maximum atomic E-state index is 12.9. The number of carbonyl (C=O) groups is 1. The van der Waals surface area contributed by atoms with Gasteiger partial charge in [0.15, 0.2) is 11.5 Å². The Balaban J connectivity index is 1.82. The fraction of sp³-hybridized carbons (Fsp3) is 0.150. The molecule has 0 saturated carbocycles. The lowest BCUT2D eigenvalue weighted by molar-refractivity contribution is 0.102. The van der Waals surface area contributed by atoms with Crippen molar-refractivity contribution in [1.82, 2.24) is 14.8 Å². The first-order valence-electron chi connectivity index (χ1n) is 8.26. The van der Waals surface area contributed by atoms with E-state index in [0.717, 1.165) is 27.4 Å². The minimum atomic E-state index is -0.210. The van der Waals surface area contributed by atoms with Crippen molar-refractivity contribution in [1.29, 1.82) is 0 Å². The smallest absolute Gasteiger partial charge is 0.257 e. The minimum Gasteiger partial charge on any atom is -0.304 e. The van der Waals surface area contributed by atoms with E-state index in [0.29, 0.717) is 22.1 Å². The Morgan fingerprint density at radius 3 is 2.65 bits per heavy atom. The number of benzene rings is 2. The fourth-order valence-corrected chi connectivity index (χ4v) is 3.40. The number of aromatic nitrogens is 3. The molecule has 0 unspecified atom stereocenters. The SMILES string of the molecule is Cc1nc2c(c(NC(=O)c3cccc4ccccc34)nn2C)c(C)c1Cl. The van der Waals surface area contributed by atoms with Crippen LogP contribution in [0.1, 0.15) is 21.6 Å². The monoisotopic (exact) mass is 364 g/mol. The van der Waals surface area contributed by atoms with E-state index in [2.05, 4.69) is 15.4 Å². The molecule has 0 aliphatic carbocycles. The molecule has 0 radical (unpaired) electrons. The number of nitrogens with one attached hydrogen (secondary N) is 1. The second kappa shape index (κ2) is 6.11. The third-order valence-corrected chi connectivity index (χ3v) is 5.14. The van der Waals surface area contributed by atoms with Gasteiger partial charge in [-0.1, -0.05) is 48.0 Å². The number of hydrogen-bond donors (Lipinski definition) is 1. The van der Waals surface area contributed by atoms with Gasteiger partial charge in [0.25, 0.3) is 5.91 Å². The molecule has 1 N–H and O–H groups in total. The fourth-order valence-electron chi connectivity index (χ4n) is 3.26. The average molecular weight is 365 g/mol. The Labute approximate surface area is 155 Å². The summed E-state index contributed by atoms with van der Waals surface area (Å²) in [7, 11) is 1.80. The Kier molecular flexibility index (Phi) is 3.89. The van der Waals surface area contributed by atoms with E-state index in [4.69, 9.17) is 11.6 Å². The van der Waals surface area contributed by atoms with Gasteiger partial charge in [0.2, 0.25) is 0 Å². The minimum absolute atomic E-state index is 0.210. The normalized spacial score (nSPS) is 11.2. The van der Waals surface area contributed by atoms with Crippen LogP contribution in [-0.4, -0.2) is 20.7 Å². The largest absolute Gasteiger partial charge is 0.304 e. The Bertz CT molecular complexity index is 1170. The molecule has 0 atom stereocenters. The van der Waals surface area contributed by atoms with E-state index in [1.807, 2.05) is 56.3 Å². The zero-order valence-corrected chi connectivity index (χ0v) is 15.4. The van der Waals surface area contributed by atoms with Crippen molar-refractivity contribution >= 4 is 45.1 Å². The molecule has 1 amide bonds. The third-order valence-electron chi connectivity index (χ3n) is 4.58. The van der Waals surface area contributed by atoms with Crippen LogP contribution in [0.5, 0.6) is 0 Å². The van der Waals surface area contributed by atoms with E-state index in [1.165, 1.54) is 0 Å². The van der Waals surface area contributed by atoms with Gasteiger partial charge in [0.1, 0.15) is 0 Å². The molecule has 4 rings (SSSR count). The first kappa shape index (κ1) is 16.5. The number of fused-ring (bicyclic) bond motifs is 2. The molecule has 130 valence electrons. The maximum absolute atomic E-state index is 12.9. The highest BCUT2D eigenvalue weighted by molar-refractivity contribution is 6.33. The van der Waals surface area contributed by atoms with Gasteiger partial charge in [-0.2, -0.15) is 5.10 Å². The predicted octanol–water partition coefficient (Wildman–Crippen LogP) is 4.64. The van der Waals surface area contributed by atoms with Crippen LogP contribution in [0, 0.1) is 13.8 Å². The topological polar surface area (TPSA) is 59.8 Å². The number of pyridine rings is 1. The number of aryl methyl sites for hydroxylation is 3. The average Bonchev–Trinajstić information content (AvgIpc) is 2.94. The number of amides is 1. The van der Waals surface area contributed by atoms with Gasteiger partial charge in [-0.25, -0.2) is 9.67 Å². The molecule has 0 aliphatic heterocycles. The number of carbonyl (C=O) groups excluding carboxylic acids is 1. The van der Waals surface area contributed by atoms with E-state index >= 15 is 0 Å². The van der Waals surface area contributed by atoms with Crippen LogP contribution in [0.4, 0.5) is 5.82 Å². The van der Waals surface area contributed by atoms with Crippen LogP contribution in [0.15, 0.2) is 42.5 Å². The Morgan fingerprint density at radius 2 is 1.85 bits per heavy atom. The van der Waals surface area contributed by atoms with Crippen molar-refractivity contribution in [2.45, 2.75) is 13.8 Å². The van der Waals surface area contributed by atoms with Crippen LogP contribution in [0.25, 0.3) is 21.8 Å². The number of nitrogens with zero attached hydrogens (tertiary/aromatic N) is 3. The first-order valence-corrected chi connectivity index (χ1v) is 8.63. The van der Waals surface area contributed by atoms with Crippen LogP contribution in [0.3, 0.4) is 0 Å². The lowest BCUT2D eigenvalue weighted by Gasteiger charge is -2.08. The number of hydrogen-bond acceptors (Lipinski definition) is 3. The highest BCUT2D eigenvalue weighted by Gasteiger charge is 2.19. The van der Waals surface area contributed by atoms with Crippen molar-refractivity contribution in [3.63, 3.8) is 0 Å². The van der Waals surface area contributed by atoms with Crippen molar-refractivity contribution < 1.29 is 4.79 Å². The second-order valence-corrected chi connectivity index (χ2v) is 6.67. The van der Waals surface area contributed by atoms with E-state index in [9.17, 15) is 4.79 Å². The molecular weight excluding hydrogens is 348 g/mol. The molecule has 0 spiro atoms. The van der Waals surface area contributed by atoms with Crippen LogP contribution < -0.4 is 5.32 Å². The highest BCUT2D eigenvalue weighted by Crippen LogP contribution is 2.31. The van der Waals surface area contributed by atoms with Crippen LogP contribution in [-0.2, 0) is 7.05 Å². The van der Waals surface area contributed by atoms with E-state index < -0.39 is 0 Å². The Morgan fingerprint density at radius 1 is 1.12 bits per heavy atom.